The van der Waals surface area contributed by atoms with Crippen molar-refractivity contribution < 1.29 is 4.39 Å². The van der Waals surface area contributed by atoms with E-state index in [2.05, 4.69) is 34.6 Å². The molecule has 4 rings (SSSR count). The lowest BCUT2D eigenvalue weighted by Crippen LogP contribution is -2.46. The number of rotatable bonds is 5. The van der Waals surface area contributed by atoms with Crippen molar-refractivity contribution in [1.82, 2.24) is 25.1 Å². The van der Waals surface area contributed by atoms with Crippen LogP contribution in [0.25, 0.3) is 22.2 Å². The molecular formula is C20H25FN6. The maximum atomic E-state index is 15.0. The van der Waals surface area contributed by atoms with Crippen LogP contribution in [0.2, 0.25) is 0 Å². The number of aromatic nitrogens is 4. The fraction of sp³-hybridized carbons (Fsp3) is 0.450. The second-order valence-electron chi connectivity index (χ2n) is 7.51. The Labute approximate surface area is 158 Å². The van der Waals surface area contributed by atoms with E-state index in [0.717, 1.165) is 35.1 Å². The summed E-state index contributed by atoms with van der Waals surface area (Å²) >= 11 is 0. The zero-order chi connectivity index (χ0) is 18.9. The number of pyridine rings is 2. The summed E-state index contributed by atoms with van der Waals surface area (Å²) in [7, 11) is 0. The summed E-state index contributed by atoms with van der Waals surface area (Å²) < 4.78 is 16.9. The highest BCUT2D eigenvalue weighted by atomic mass is 19.1. The molecule has 0 saturated carbocycles. The third kappa shape index (κ3) is 3.78. The summed E-state index contributed by atoms with van der Waals surface area (Å²) in [6.45, 7) is 5.64. The topological polar surface area (TPSA) is 67.7 Å². The van der Waals surface area contributed by atoms with Crippen LogP contribution >= 0.6 is 0 Å². The first-order valence-electron chi connectivity index (χ1n) is 9.48. The lowest BCUT2D eigenvalue weighted by Gasteiger charge is -2.30. The molecule has 0 aromatic carbocycles. The second kappa shape index (κ2) is 7.23. The van der Waals surface area contributed by atoms with Gasteiger partial charge in [-0.25, -0.2) is 9.37 Å². The van der Waals surface area contributed by atoms with Gasteiger partial charge in [-0.2, -0.15) is 5.10 Å². The molecule has 4 heterocycles. The molecule has 1 unspecified atom stereocenters. The van der Waals surface area contributed by atoms with E-state index >= 15 is 0 Å². The van der Waals surface area contributed by atoms with Crippen molar-refractivity contribution in [2.75, 3.05) is 25.0 Å². The van der Waals surface area contributed by atoms with E-state index in [0.29, 0.717) is 18.8 Å². The molecule has 0 amide bonds. The predicted octanol–water partition coefficient (Wildman–Crippen LogP) is 3.58. The van der Waals surface area contributed by atoms with Gasteiger partial charge in [0.05, 0.1) is 24.0 Å². The number of piperidine rings is 1. The van der Waals surface area contributed by atoms with Gasteiger partial charge in [-0.05, 0) is 51.4 Å². The Morgan fingerprint density at radius 2 is 2.30 bits per heavy atom. The van der Waals surface area contributed by atoms with Gasteiger partial charge in [0, 0.05) is 35.9 Å². The summed E-state index contributed by atoms with van der Waals surface area (Å²) in [5.74, 6) is 0.662. The molecule has 142 valence electrons. The van der Waals surface area contributed by atoms with Crippen LogP contribution in [0, 0.1) is 0 Å². The van der Waals surface area contributed by atoms with Crippen LogP contribution in [-0.4, -0.2) is 45.1 Å². The molecular weight excluding hydrogens is 343 g/mol. The van der Waals surface area contributed by atoms with Crippen LogP contribution in [0.4, 0.5) is 10.2 Å². The maximum Gasteiger partial charge on any atom is 0.140 e. The van der Waals surface area contributed by atoms with Gasteiger partial charge in [-0.15, -0.1) is 0 Å². The summed E-state index contributed by atoms with van der Waals surface area (Å²) in [5.41, 5.74) is 1.28. The van der Waals surface area contributed by atoms with E-state index < -0.39 is 5.67 Å². The summed E-state index contributed by atoms with van der Waals surface area (Å²) in [4.78, 5) is 9.24. The highest BCUT2D eigenvalue weighted by molar-refractivity contribution is 5.91. The highest BCUT2D eigenvalue weighted by Gasteiger charge is 2.31. The van der Waals surface area contributed by atoms with Gasteiger partial charge in [0.25, 0.3) is 0 Å². The minimum atomic E-state index is -1.26. The Kier molecular flexibility index (Phi) is 4.78. The summed E-state index contributed by atoms with van der Waals surface area (Å²) in [6.07, 6.45) is 6.96. The molecule has 3 aromatic rings. The van der Waals surface area contributed by atoms with Crippen molar-refractivity contribution in [3.63, 3.8) is 0 Å². The van der Waals surface area contributed by atoms with E-state index in [9.17, 15) is 4.39 Å². The molecule has 7 heteroatoms. The quantitative estimate of drug-likeness (QED) is 0.720. The lowest BCUT2D eigenvalue weighted by atomic mass is 9.96. The maximum absolute atomic E-state index is 15.0. The van der Waals surface area contributed by atoms with Crippen molar-refractivity contribution in [3.8, 4) is 11.3 Å². The predicted molar refractivity (Wildman–Crippen MR) is 106 cm³/mol. The van der Waals surface area contributed by atoms with Crippen molar-refractivity contribution >= 4 is 16.7 Å². The van der Waals surface area contributed by atoms with Crippen LogP contribution in [-0.2, 0) is 0 Å². The number of nitrogens with zero attached hydrogens (tertiary/aromatic N) is 4. The molecule has 2 N–H and O–H groups in total. The minimum Gasteiger partial charge on any atom is -0.366 e. The number of hydrogen-bond acceptors (Lipinski definition) is 5. The zero-order valence-corrected chi connectivity index (χ0v) is 15.7. The van der Waals surface area contributed by atoms with E-state index in [1.807, 2.05) is 35.3 Å². The van der Waals surface area contributed by atoms with Crippen molar-refractivity contribution in [1.29, 1.82) is 0 Å². The van der Waals surface area contributed by atoms with Crippen molar-refractivity contribution in [3.05, 3.63) is 36.8 Å². The highest BCUT2D eigenvalue weighted by Crippen LogP contribution is 2.28. The normalized spacial score (nSPS) is 20.3. The average molecular weight is 368 g/mol. The van der Waals surface area contributed by atoms with Gasteiger partial charge < -0.3 is 10.6 Å². The number of anilines is 1. The number of halogens is 1. The number of alkyl halides is 1. The fourth-order valence-electron chi connectivity index (χ4n) is 3.43. The van der Waals surface area contributed by atoms with Gasteiger partial charge in [-0.1, -0.05) is 0 Å². The first-order chi connectivity index (χ1) is 13.0. The Bertz CT molecular complexity index is 929. The van der Waals surface area contributed by atoms with E-state index in [1.165, 1.54) is 0 Å². The molecule has 6 nitrogen and oxygen atoms in total. The first-order valence-corrected chi connectivity index (χ1v) is 9.48. The second-order valence-corrected chi connectivity index (χ2v) is 7.51. The molecule has 1 atom stereocenters. The number of hydrogen-bond donors (Lipinski definition) is 2. The van der Waals surface area contributed by atoms with Crippen molar-refractivity contribution in [2.45, 2.75) is 38.4 Å². The van der Waals surface area contributed by atoms with E-state index in [4.69, 9.17) is 4.98 Å². The molecule has 1 saturated heterocycles. The fourth-order valence-corrected chi connectivity index (χ4v) is 3.43. The van der Waals surface area contributed by atoms with Crippen LogP contribution in [0.5, 0.6) is 0 Å². The third-order valence-corrected chi connectivity index (χ3v) is 5.02. The van der Waals surface area contributed by atoms with E-state index in [1.54, 1.807) is 6.20 Å². The van der Waals surface area contributed by atoms with Gasteiger partial charge in [0.2, 0.25) is 0 Å². The SMILES string of the molecule is CC(C)n1cc(-c2cc3ncccc3c(NCC3(F)CCCNC3)n2)cn1. The van der Waals surface area contributed by atoms with Crippen LogP contribution in [0.15, 0.2) is 36.8 Å². The smallest absolute Gasteiger partial charge is 0.140 e. The zero-order valence-electron chi connectivity index (χ0n) is 15.7. The van der Waals surface area contributed by atoms with Crippen LogP contribution < -0.4 is 10.6 Å². The molecule has 1 aliphatic rings. The lowest BCUT2D eigenvalue weighted by molar-refractivity contribution is 0.137. The molecule has 0 spiro atoms. The Balaban J connectivity index is 1.67. The van der Waals surface area contributed by atoms with Crippen LogP contribution in [0.3, 0.4) is 0 Å². The number of nitrogens with one attached hydrogen (secondary N) is 2. The Morgan fingerprint density at radius 3 is 3.04 bits per heavy atom. The molecule has 0 aliphatic carbocycles. The van der Waals surface area contributed by atoms with Gasteiger partial charge in [-0.3, -0.25) is 9.67 Å². The standard InChI is InChI=1S/C20H25FN6/c1-14(2)27-11-15(10-25-27)17-9-18-16(5-3-8-23-18)19(26-17)24-13-20(21)6-4-7-22-12-20/h3,5,8-11,14,22H,4,6-7,12-13H2,1-2H3,(H,24,26). The Hall–Kier alpha value is -2.54. The van der Waals surface area contributed by atoms with E-state index in [-0.39, 0.29) is 12.6 Å². The largest absolute Gasteiger partial charge is 0.366 e. The third-order valence-electron chi connectivity index (χ3n) is 5.02. The Morgan fingerprint density at radius 1 is 1.41 bits per heavy atom. The van der Waals surface area contributed by atoms with Crippen molar-refractivity contribution in [2.24, 2.45) is 0 Å². The summed E-state index contributed by atoms with van der Waals surface area (Å²) in [6, 6.07) is 6.07. The molecule has 0 radical (unpaired) electrons. The van der Waals surface area contributed by atoms with Gasteiger partial charge in [0.1, 0.15) is 11.5 Å². The molecule has 3 aromatic heterocycles. The number of fused-ring (bicyclic) bond motifs is 1. The minimum absolute atomic E-state index is 0.228. The molecule has 0 bridgehead atoms. The monoisotopic (exact) mass is 368 g/mol. The molecule has 27 heavy (non-hydrogen) atoms. The molecule has 1 aliphatic heterocycles. The first kappa shape index (κ1) is 17.9. The summed E-state index contributed by atoms with van der Waals surface area (Å²) in [5, 5.41) is 11.7. The van der Waals surface area contributed by atoms with Crippen LogP contribution in [0.1, 0.15) is 32.7 Å². The van der Waals surface area contributed by atoms with Gasteiger partial charge in [0.15, 0.2) is 0 Å². The molecule has 1 fully saturated rings. The van der Waals surface area contributed by atoms with Gasteiger partial charge >= 0.3 is 0 Å². The average Bonchev–Trinajstić information content (AvgIpc) is 3.17.